The van der Waals surface area contributed by atoms with Crippen molar-refractivity contribution in [2.45, 2.75) is 27.7 Å². The minimum Gasteiger partial charge on any atom is -0.325 e. The van der Waals surface area contributed by atoms with E-state index in [2.05, 4.69) is 15.4 Å². The zero-order valence-corrected chi connectivity index (χ0v) is 18.9. The summed E-state index contributed by atoms with van der Waals surface area (Å²) in [6.07, 6.45) is 1.82. The van der Waals surface area contributed by atoms with Gasteiger partial charge in [0.2, 0.25) is 5.91 Å². The van der Waals surface area contributed by atoms with Gasteiger partial charge in [0.1, 0.15) is 0 Å². The Morgan fingerprint density at radius 3 is 2.45 bits per heavy atom. The van der Waals surface area contributed by atoms with Gasteiger partial charge in [-0.25, -0.2) is 15.0 Å². The number of hydroxylamine groups is 1. The van der Waals surface area contributed by atoms with Crippen molar-refractivity contribution in [2.24, 2.45) is 5.41 Å². The molecule has 0 aliphatic carbocycles. The molecule has 0 aliphatic rings. The summed E-state index contributed by atoms with van der Waals surface area (Å²) in [6, 6.07) is 16.3. The third-order valence-corrected chi connectivity index (χ3v) is 5.30. The van der Waals surface area contributed by atoms with Gasteiger partial charge in [0.25, 0.3) is 5.91 Å². The molecule has 0 saturated heterocycles. The summed E-state index contributed by atoms with van der Waals surface area (Å²) in [5.74, 6) is -0.641. The van der Waals surface area contributed by atoms with E-state index in [0.717, 1.165) is 28.1 Å². The molecule has 0 atom stereocenters. The maximum absolute atomic E-state index is 12.5. The second-order valence-electron chi connectivity index (χ2n) is 8.90. The highest BCUT2D eigenvalue weighted by Crippen LogP contribution is 2.27. The van der Waals surface area contributed by atoms with Crippen LogP contribution in [0.1, 0.15) is 36.7 Å². The molecule has 0 radical (unpaired) electrons. The van der Waals surface area contributed by atoms with Crippen LogP contribution in [0, 0.1) is 12.3 Å². The van der Waals surface area contributed by atoms with E-state index in [0.29, 0.717) is 16.9 Å². The number of nitrogens with one attached hydrogen (secondary N) is 2. The van der Waals surface area contributed by atoms with E-state index in [1.807, 2.05) is 70.3 Å². The molecule has 4 aromatic rings. The Kier molecular flexibility index (Phi) is 5.69. The number of nitrogens with zero attached hydrogens (tertiary/aromatic N) is 3. The standard InChI is InChI=1S/C25H25N5O3/c1-15-8-9-17(13-20(15)27-24(32)25(2,3)4)21-14-30-22(26-21)11-10-19(28-30)16-6-5-7-18(12-16)23(31)29-33/h5-14,33H,1-4H3,(H,27,32)(H,29,31). The highest BCUT2D eigenvalue weighted by Gasteiger charge is 2.22. The molecule has 0 spiro atoms. The largest absolute Gasteiger partial charge is 0.325 e. The van der Waals surface area contributed by atoms with E-state index >= 15 is 0 Å². The molecule has 2 amide bonds. The van der Waals surface area contributed by atoms with Gasteiger partial charge in [-0.05, 0) is 42.8 Å². The van der Waals surface area contributed by atoms with Gasteiger partial charge >= 0.3 is 0 Å². The SMILES string of the molecule is Cc1ccc(-c2cn3nc(-c4cccc(C(=O)NO)c4)ccc3n2)cc1NC(=O)C(C)(C)C. The average molecular weight is 444 g/mol. The van der Waals surface area contributed by atoms with Crippen LogP contribution in [-0.4, -0.2) is 31.6 Å². The fourth-order valence-electron chi connectivity index (χ4n) is 3.29. The van der Waals surface area contributed by atoms with Crippen molar-refractivity contribution < 1.29 is 14.8 Å². The summed E-state index contributed by atoms with van der Waals surface area (Å²) in [5, 5.41) is 16.5. The summed E-state index contributed by atoms with van der Waals surface area (Å²) in [7, 11) is 0. The zero-order chi connectivity index (χ0) is 23.8. The summed E-state index contributed by atoms with van der Waals surface area (Å²) in [6.45, 7) is 7.57. The number of benzene rings is 2. The Morgan fingerprint density at radius 2 is 1.73 bits per heavy atom. The first kappa shape index (κ1) is 22.2. The van der Waals surface area contributed by atoms with Crippen LogP contribution in [0.3, 0.4) is 0 Å². The Morgan fingerprint density at radius 1 is 0.970 bits per heavy atom. The Hall–Kier alpha value is -4.04. The molecule has 0 unspecified atom stereocenters. The topological polar surface area (TPSA) is 109 Å². The van der Waals surface area contributed by atoms with Crippen molar-refractivity contribution in [1.82, 2.24) is 20.1 Å². The predicted molar refractivity (Wildman–Crippen MR) is 126 cm³/mol. The molecular formula is C25H25N5O3. The fourth-order valence-corrected chi connectivity index (χ4v) is 3.29. The van der Waals surface area contributed by atoms with E-state index in [9.17, 15) is 9.59 Å². The van der Waals surface area contributed by atoms with Gasteiger partial charge in [0.05, 0.1) is 17.6 Å². The number of rotatable bonds is 4. The molecule has 0 aliphatic heterocycles. The number of fused-ring (bicyclic) bond motifs is 1. The number of hydrogen-bond donors (Lipinski definition) is 3. The summed E-state index contributed by atoms with van der Waals surface area (Å²) in [5.41, 5.74) is 6.81. The van der Waals surface area contributed by atoms with Crippen molar-refractivity contribution in [3.05, 3.63) is 71.9 Å². The number of carbonyl (C=O) groups is 2. The lowest BCUT2D eigenvalue weighted by Crippen LogP contribution is -2.27. The van der Waals surface area contributed by atoms with Crippen molar-refractivity contribution in [3.63, 3.8) is 0 Å². The fraction of sp³-hybridized carbons (Fsp3) is 0.200. The van der Waals surface area contributed by atoms with Crippen LogP contribution in [-0.2, 0) is 4.79 Å². The number of anilines is 1. The molecule has 8 nitrogen and oxygen atoms in total. The molecule has 0 bridgehead atoms. The normalized spacial score (nSPS) is 11.4. The minimum atomic E-state index is -0.587. The van der Waals surface area contributed by atoms with Crippen LogP contribution in [0.25, 0.3) is 28.2 Å². The van der Waals surface area contributed by atoms with Gasteiger partial charge in [-0.15, -0.1) is 0 Å². The molecule has 2 aromatic heterocycles. The molecule has 2 aromatic carbocycles. The van der Waals surface area contributed by atoms with Crippen LogP contribution in [0.5, 0.6) is 0 Å². The number of aryl methyl sites for hydroxylation is 1. The summed E-state index contributed by atoms with van der Waals surface area (Å²) in [4.78, 5) is 28.8. The van der Waals surface area contributed by atoms with Crippen molar-refractivity contribution in [3.8, 4) is 22.5 Å². The molecular weight excluding hydrogens is 418 g/mol. The first-order valence-corrected chi connectivity index (χ1v) is 10.5. The van der Waals surface area contributed by atoms with Gasteiger partial charge < -0.3 is 5.32 Å². The van der Waals surface area contributed by atoms with Crippen molar-refractivity contribution in [2.75, 3.05) is 5.32 Å². The predicted octanol–water partition coefficient (Wildman–Crippen LogP) is 4.48. The monoisotopic (exact) mass is 443 g/mol. The maximum atomic E-state index is 12.5. The zero-order valence-electron chi connectivity index (χ0n) is 18.9. The lowest BCUT2D eigenvalue weighted by molar-refractivity contribution is -0.123. The Labute approximate surface area is 191 Å². The summed E-state index contributed by atoms with van der Waals surface area (Å²) >= 11 is 0. The van der Waals surface area contributed by atoms with Gasteiger partial charge in [-0.2, -0.15) is 5.10 Å². The number of imidazole rings is 1. The summed E-state index contributed by atoms with van der Waals surface area (Å²) < 4.78 is 1.68. The van der Waals surface area contributed by atoms with E-state index in [1.54, 1.807) is 28.2 Å². The Bertz CT molecular complexity index is 1370. The molecule has 8 heteroatoms. The number of hydrogen-bond acceptors (Lipinski definition) is 5. The van der Waals surface area contributed by atoms with Crippen LogP contribution >= 0.6 is 0 Å². The van der Waals surface area contributed by atoms with E-state index in [-0.39, 0.29) is 5.91 Å². The highest BCUT2D eigenvalue weighted by molar-refractivity contribution is 5.96. The quantitative estimate of drug-likeness (QED) is 0.318. The van der Waals surface area contributed by atoms with Crippen molar-refractivity contribution in [1.29, 1.82) is 0 Å². The van der Waals surface area contributed by atoms with E-state index < -0.39 is 11.3 Å². The Balaban J connectivity index is 1.68. The van der Waals surface area contributed by atoms with E-state index in [4.69, 9.17) is 5.21 Å². The average Bonchev–Trinajstić information content (AvgIpc) is 3.22. The lowest BCUT2D eigenvalue weighted by atomic mass is 9.95. The molecule has 0 fully saturated rings. The van der Waals surface area contributed by atoms with Crippen molar-refractivity contribution >= 4 is 23.1 Å². The lowest BCUT2D eigenvalue weighted by Gasteiger charge is -2.19. The first-order valence-electron chi connectivity index (χ1n) is 10.5. The third kappa shape index (κ3) is 4.61. The molecule has 3 N–H and O–H groups in total. The third-order valence-electron chi connectivity index (χ3n) is 5.30. The first-order chi connectivity index (χ1) is 15.7. The smallest absolute Gasteiger partial charge is 0.274 e. The number of carbonyl (C=O) groups excluding carboxylic acids is 2. The van der Waals surface area contributed by atoms with Crippen LogP contribution in [0.4, 0.5) is 5.69 Å². The molecule has 4 rings (SSSR count). The molecule has 2 heterocycles. The number of amides is 2. The molecule has 168 valence electrons. The van der Waals surface area contributed by atoms with Crippen LogP contribution < -0.4 is 10.8 Å². The highest BCUT2D eigenvalue weighted by atomic mass is 16.5. The van der Waals surface area contributed by atoms with Gasteiger partial charge in [-0.3, -0.25) is 14.8 Å². The van der Waals surface area contributed by atoms with Crippen LogP contribution in [0.2, 0.25) is 0 Å². The number of aromatic nitrogens is 3. The van der Waals surface area contributed by atoms with E-state index in [1.165, 1.54) is 0 Å². The second kappa shape index (κ2) is 8.48. The molecule has 33 heavy (non-hydrogen) atoms. The van der Waals surface area contributed by atoms with Gasteiger partial charge in [-0.1, -0.05) is 45.0 Å². The maximum Gasteiger partial charge on any atom is 0.274 e. The van der Waals surface area contributed by atoms with Crippen LogP contribution in [0.15, 0.2) is 60.8 Å². The van der Waals surface area contributed by atoms with Gasteiger partial charge in [0.15, 0.2) is 5.65 Å². The minimum absolute atomic E-state index is 0.0545. The molecule has 0 saturated carbocycles. The second-order valence-corrected chi connectivity index (χ2v) is 8.90. The van der Waals surface area contributed by atoms with Gasteiger partial charge in [0, 0.05) is 27.8 Å².